The van der Waals surface area contributed by atoms with Gasteiger partial charge in [-0.1, -0.05) is 15.9 Å². The fourth-order valence-corrected chi connectivity index (χ4v) is 1.76. The molecule has 18 heavy (non-hydrogen) atoms. The number of rotatable bonds is 3. The fourth-order valence-electron chi connectivity index (χ4n) is 1.42. The summed E-state index contributed by atoms with van der Waals surface area (Å²) in [7, 11) is 1.51. The van der Waals surface area contributed by atoms with E-state index < -0.39 is 0 Å². The Balaban J connectivity index is 2.23. The first-order valence-corrected chi connectivity index (χ1v) is 5.93. The van der Waals surface area contributed by atoms with E-state index in [-0.39, 0.29) is 11.9 Å². The number of amides is 1. The highest BCUT2D eigenvalue weighted by atomic mass is 79.9. The molecule has 1 heterocycles. The number of nitrogens with zero attached hydrogens (tertiary/aromatic N) is 2. The zero-order valence-electron chi connectivity index (χ0n) is 9.82. The molecule has 94 valence electrons. The minimum absolute atomic E-state index is 0.238. The van der Waals surface area contributed by atoms with Gasteiger partial charge in [0.15, 0.2) is 0 Å². The number of ether oxygens (including phenoxy) is 1. The molecule has 0 spiro atoms. The fraction of sp³-hybridized carbons (Fsp3) is 0.182. The number of anilines is 1. The molecule has 6 nitrogen and oxygen atoms in total. The first kappa shape index (κ1) is 12.6. The highest BCUT2D eigenvalue weighted by Crippen LogP contribution is 2.23. The maximum absolute atomic E-state index is 12.0. The Morgan fingerprint density at radius 1 is 1.50 bits per heavy atom. The molecule has 0 atom stereocenters. The SMILES string of the molecule is COc1cc(Br)ccc1C(=O)Nc1n[nH]c(C)n1. The van der Waals surface area contributed by atoms with Gasteiger partial charge in [-0.3, -0.25) is 15.2 Å². The van der Waals surface area contributed by atoms with Gasteiger partial charge in [0, 0.05) is 4.47 Å². The molecule has 2 aromatic rings. The summed E-state index contributed by atoms with van der Waals surface area (Å²) in [6, 6.07) is 5.15. The van der Waals surface area contributed by atoms with Crippen LogP contribution in [-0.2, 0) is 0 Å². The van der Waals surface area contributed by atoms with Crippen LogP contribution in [0, 0.1) is 6.92 Å². The van der Waals surface area contributed by atoms with Crippen molar-refractivity contribution in [3.63, 3.8) is 0 Å². The molecule has 0 saturated heterocycles. The highest BCUT2D eigenvalue weighted by molar-refractivity contribution is 9.10. The molecule has 1 aromatic heterocycles. The van der Waals surface area contributed by atoms with Gasteiger partial charge in [0.05, 0.1) is 12.7 Å². The van der Waals surface area contributed by atoms with Crippen LogP contribution in [0.3, 0.4) is 0 Å². The second-order valence-electron chi connectivity index (χ2n) is 3.54. The van der Waals surface area contributed by atoms with Crippen molar-refractivity contribution < 1.29 is 9.53 Å². The van der Waals surface area contributed by atoms with Gasteiger partial charge in [-0.25, -0.2) is 0 Å². The molecule has 2 N–H and O–H groups in total. The van der Waals surface area contributed by atoms with Crippen LogP contribution in [0.4, 0.5) is 5.95 Å². The van der Waals surface area contributed by atoms with E-state index in [9.17, 15) is 4.79 Å². The van der Waals surface area contributed by atoms with Crippen molar-refractivity contribution in [1.29, 1.82) is 0 Å². The Hall–Kier alpha value is -1.89. The van der Waals surface area contributed by atoms with Gasteiger partial charge in [0.25, 0.3) is 5.91 Å². The van der Waals surface area contributed by atoms with E-state index in [1.807, 2.05) is 0 Å². The van der Waals surface area contributed by atoms with Crippen LogP contribution in [0.25, 0.3) is 0 Å². The minimum Gasteiger partial charge on any atom is -0.496 e. The summed E-state index contributed by atoms with van der Waals surface area (Å²) in [6.45, 7) is 1.75. The number of nitrogens with one attached hydrogen (secondary N) is 2. The maximum Gasteiger partial charge on any atom is 0.261 e. The van der Waals surface area contributed by atoms with E-state index in [2.05, 4.69) is 36.4 Å². The zero-order chi connectivity index (χ0) is 13.1. The molecule has 0 aliphatic carbocycles. The monoisotopic (exact) mass is 310 g/mol. The largest absolute Gasteiger partial charge is 0.496 e. The minimum atomic E-state index is -0.321. The van der Waals surface area contributed by atoms with Crippen LogP contribution >= 0.6 is 15.9 Å². The van der Waals surface area contributed by atoms with E-state index in [0.29, 0.717) is 17.1 Å². The van der Waals surface area contributed by atoms with E-state index in [1.54, 1.807) is 25.1 Å². The molecule has 7 heteroatoms. The summed E-state index contributed by atoms with van der Waals surface area (Å²) in [5.41, 5.74) is 0.420. The predicted octanol–water partition coefficient (Wildman–Crippen LogP) is 2.14. The zero-order valence-corrected chi connectivity index (χ0v) is 11.4. The number of carbonyl (C=O) groups excluding carboxylic acids is 1. The third-order valence-electron chi connectivity index (χ3n) is 2.23. The van der Waals surface area contributed by atoms with E-state index in [4.69, 9.17) is 4.74 Å². The van der Waals surface area contributed by atoms with Crippen LogP contribution in [-0.4, -0.2) is 28.2 Å². The van der Waals surface area contributed by atoms with Gasteiger partial charge in [0.2, 0.25) is 5.95 Å². The van der Waals surface area contributed by atoms with Crippen molar-refractivity contribution in [1.82, 2.24) is 15.2 Å². The Labute approximate surface area is 112 Å². The number of hydrogen-bond donors (Lipinski definition) is 2. The number of aryl methyl sites for hydroxylation is 1. The lowest BCUT2D eigenvalue weighted by molar-refractivity contribution is 0.102. The number of aromatic nitrogens is 3. The van der Waals surface area contributed by atoms with Crippen LogP contribution in [0.5, 0.6) is 5.75 Å². The number of carbonyl (C=O) groups is 1. The van der Waals surface area contributed by atoms with Crippen molar-refractivity contribution in [3.05, 3.63) is 34.1 Å². The molecular weight excluding hydrogens is 300 g/mol. The average Bonchev–Trinajstić information content (AvgIpc) is 2.74. The number of aromatic amines is 1. The molecule has 0 aliphatic rings. The number of halogens is 1. The highest BCUT2D eigenvalue weighted by Gasteiger charge is 2.14. The normalized spacial score (nSPS) is 10.2. The van der Waals surface area contributed by atoms with Gasteiger partial charge in [0.1, 0.15) is 11.6 Å². The first-order chi connectivity index (χ1) is 8.60. The molecule has 0 unspecified atom stereocenters. The lowest BCUT2D eigenvalue weighted by Gasteiger charge is -2.07. The van der Waals surface area contributed by atoms with Crippen LogP contribution in [0.15, 0.2) is 22.7 Å². The molecular formula is C11H11BrN4O2. The third kappa shape index (κ3) is 2.67. The third-order valence-corrected chi connectivity index (χ3v) is 2.72. The van der Waals surface area contributed by atoms with Crippen LogP contribution in [0.1, 0.15) is 16.2 Å². The molecule has 0 aliphatic heterocycles. The van der Waals surface area contributed by atoms with Gasteiger partial charge in [-0.15, -0.1) is 5.10 Å². The quantitative estimate of drug-likeness (QED) is 0.910. The number of benzene rings is 1. The first-order valence-electron chi connectivity index (χ1n) is 5.14. The topological polar surface area (TPSA) is 79.9 Å². The molecule has 0 bridgehead atoms. The molecule has 1 amide bonds. The average molecular weight is 311 g/mol. The Morgan fingerprint density at radius 2 is 2.28 bits per heavy atom. The second-order valence-corrected chi connectivity index (χ2v) is 4.46. The van der Waals surface area contributed by atoms with Gasteiger partial charge < -0.3 is 4.74 Å². The van der Waals surface area contributed by atoms with Crippen molar-refractivity contribution in [2.45, 2.75) is 6.92 Å². The van der Waals surface area contributed by atoms with Crippen LogP contribution in [0.2, 0.25) is 0 Å². The van der Waals surface area contributed by atoms with Crippen LogP contribution < -0.4 is 10.1 Å². The number of hydrogen-bond acceptors (Lipinski definition) is 4. The van der Waals surface area contributed by atoms with Crippen molar-refractivity contribution >= 4 is 27.8 Å². The maximum atomic E-state index is 12.0. The number of H-pyrrole nitrogens is 1. The summed E-state index contributed by atoms with van der Waals surface area (Å²) in [5, 5.41) is 9.07. The van der Waals surface area contributed by atoms with E-state index >= 15 is 0 Å². The summed E-state index contributed by atoms with van der Waals surface area (Å²) < 4.78 is 5.99. The summed E-state index contributed by atoms with van der Waals surface area (Å²) in [4.78, 5) is 16.0. The Morgan fingerprint density at radius 3 is 2.89 bits per heavy atom. The summed E-state index contributed by atoms with van der Waals surface area (Å²) in [6.07, 6.45) is 0. The summed E-state index contributed by atoms with van der Waals surface area (Å²) in [5.74, 6) is 1.03. The molecule has 2 rings (SSSR count). The molecule has 0 fully saturated rings. The molecule has 1 aromatic carbocycles. The van der Waals surface area contributed by atoms with Crippen molar-refractivity contribution in [2.24, 2.45) is 0 Å². The van der Waals surface area contributed by atoms with E-state index in [0.717, 1.165) is 4.47 Å². The number of methoxy groups -OCH3 is 1. The lowest BCUT2D eigenvalue weighted by Crippen LogP contribution is -2.14. The Bertz CT molecular complexity index is 582. The standard InChI is InChI=1S/C11H11BrN4O2/c1-6-13-11(16-15-6)14-10(17)8-4-3-7(12)5-9(8)18-2/h3-5H,1-2H3,(H2,13,14,15,16,17). The lowest BCUT2D eigenvalue weighted by atomic mass is 10.2. The Kier molecular flexibility index (Phi) is 3.61. The van der Waals surface area contributed by atoms with Gasteiger partial charge in [-0.05, 0) is 25.1 Å². The summed E-state index contributed by atoms with van der Waals surface area (Å²) >= 11 is 3.31. The van der Waals surface area contributed by atoms with Gasteiger partial charge in [-0.2, -0.15) is 4.98 Å². The molecule has 0 saturated carbocycles. The predicted molar refractivity (Wildman–Crippen MR) is 69.8 cm³/mol. The van der Waals surface area contributed by atoms with E-state index in [1.165, 1.54) is 7.11 Å². The van der Waals surface area contributed by atoms with Gasteiger partial charge >= 0.3 is 0 Å². The molecule has 0 radical (unpaired) electrons. The second kappa shape index (κ2) is 5.18. The smallest absolute Gasteiger partial charge is 0.261 e. The van der Waals surface area contributed by atoms with Crippen molar-refractivity contribution in [2.75, 3.05) is 12.4 Å². The van der Waals surface area contributed by atoms with Crippen molar-refractivity contribution in [3.8, 4) is 5.75 Å².